The number of piperazine rings is 1. The fourth-order valence-electron chi connectivity index (χ4n) is 5.21. The van der Waals surface area contributed by atoms with E-state index < -0.39 is 0 Å². The Morgan fingerprint density at radius 3 is 2.43 bits per heavy atom. The largest absolute Gasteiger partial charge is 0.368 e. The molecule has 2 aliphatic heterocycles. The van der Waals surface area contributed by atoms with Gasteiger partial charge in [-0.25, -0.2) is 8.78 Å². The van der Waals surface area contributed by atoms with Gasteiger partial charge in [0.1, 0.15) is 18.2 Å². The smallest absolute Gasteiger partial charge is 0.261 e. The Morgan fingerprint density at radius 1 is 0.971 bits per heavy atom. The minimum atomic E-state index is -0.360. The van der Waals surface area contributed by atoms with Crippen molar-refractivity contribution in [1.82, 2.24) is 9.80 Å². The van der Waals surface area contributed by atoms with Crippen molar-refractivity contribution in [3.05, 3.63) is 70.6 Å². The number of fused-ring (bicyclic) bond motifs is 1. The molecule has 2 heterocycles. The Hall–Kier alpha value is -2.87. The van der Waals surface area contributed by atoms with Crippen LogP contribution in [0.3, 0.4) is 0 Å². The molecule has 2 aromatic rings. The maximum atomic E-state index is 14.3. The lowest BCUT2D eigenvalue weighted by Crippen LogP contribution is -2.57. The van der Waals surface area contributed by atoms with Crippen LogP contribution in [0.5, 0.6) is 0 Å². The van der Waals surface area contributed by atoms with Gasteiger partial charge in [0.2, 0.25) is 5.91 Å². The number of amides is 2. The number of carbonyl (C=O) groups excluding carboxylic acids is 2. The molecule has 0 bridgehead atoms. The monoisotopic (exact) mass is 497 g/mol. The highest BCUT2D eigenvalue weighted by Gasteiger charge is 2.41. The number of halogens is 2. The molecule has 2 saturated heterocycles. The van der Waals surface area contributed by atoms with Crippen molar-refractivity contribution in [2.75, 3.05) is 37.6 Å². The number of anilines is 1. The summed E-state index contributed by atoms with van der Waals surface area (Å²) < 4.78 is 27.5. The summed E-state index contributed by atoms with van der Waals surface area (Å²) in [5.74, 6) is -0.865. The average molecular weight is 498 g/mol. The maximum Gasteiger partial charge on any atom is 0.261 e. The fourth-order valence-corrected chi connectivity index (χ4v) is 6.67. The summed E-state index contributed by atoms with van der Waals surface area (Å²) in [6.07, 6.45) is 5.65. The molecule has 5 rings (SSSR count). The lowest BCUT2D eigenvalue weighted by Gasteiger charge is -2.45. The number of nitrogens with zero attached hydrogens (tertiary/aromatic N) is 3. The first-order valence-corrected chi connectivity index (χ1v) is 13.1. The van der Waals surface area contributed by atoms with E-state index in [1.54, 1.807) is 41.3 Å². The number of hydrogen-bond donors (Lipinski definition) is 0. The van der Waals surface area contributed by atoms with E-state index in [0.717, 1.165) is 31.4 Å². The van der Waals surface area contributed by atoms with Crippen molar-refractivity contribution < 1.29 is 18.4 Å². The molecule has 3 fully saturated rings. The van der Waals surface area contributed by atoms with E-state index in [9.17, 15) is 18.4 Å². The van der Waals surface area contributed by atoms with E-state index in [2.05, 4.69) is 4.90 Å². The molecule has 0 radical (unpaired) electrons. The first kappa shape index (κ1) is 23.9. The Kier molecular flexibility index (Phi) is 7.09. The second-order valence-corrected chi connectivity index (χ2v) is 10.6. The van der Waals surface area contributed by atoms with Gasteiger partial charge in [-0.05, 0) is 49.2 Å². The molecule has 0 N–H and O–H groups in total. The molecule has 1 saturated carbocycles. The predicted molar refractivity (Wildman–Crippen MR) is 135 cm³/mol. The first-order chi connectivity index (χ1) is 17.0. The van der Waals surface area contributed by atoms with E-state index in [0.29, 0.717) is 36.6 Å². The van der Waals surface area contributed by atoms with Crippen LogP contribution in [0.1, 0.15) is 31.2 Å². The number of benzene rings is 2. The van der Waals surface area contributed by atoms with E-state index in [-0.39, 0.29) is 41.3 Å². The molecule has 184 valence electrons. The van der Waals surface area contributed by atoms with Crippen molar-refractivity contribution >= 4 is 35.3 Å². The SMILES string of the molecule is O=C(CN1C(=O)/C(=C/c2ccccc2F)SC2CCCCC21)N1CCN(c2ccc(F)cc2)CC1. The topological polar surface area (TPSA) is 43.9 Å². The number of thioether (sulfide) groups is 1. The molecule has 2 aromatic carbocycles. The summed E-state index contributed by atoms with van der Waals surface area (Å²) in [6, 6.07) is 12.9. The van der Waals surface area contributed by atoms with E-state index in [1.165, 1.54) is 30.0 Å². The zero-order chi connectivity index (χ0) is 24.4. The summed E-state index contributed by atoms with van der Waals surface area (Å²) in [5, 5.41) is 0.225. The van der Waals surface area contributed by atoms with Crippen LogP contribution in [-0.4, -0.2) is 65.6 Å². The summed E-state index contributed by atoms with van der Waals surface area (Å²) in [6.45, 7) is 2.47. The third-order valence-corrected chi connectivity index (χ3v) is 8.54. The maximum absolute atomic E-state index is 14.3. The van der Waals surface area contributed by atoms with Gasteiger partial charge in [0.25, 0.3) is 5.91 Å². The van der Waals surface area contributed by atoms with Crippen LogP contribution in [0.25, 0.3) is 6.08 Å². The number of hydrogen-bond acceptors (Lipinski definition) is 4. The molecule has 5 nitrogen and oxygen atoms in total. The summed E-state index contributed by atoms with van der Waals surface area (Å²) in [4.78, 5) is 32.9. The Labute approximate surface area is 208 Å². The quantitative estimate of drug-likeness (QED) is 0.582. The highest BCUT2D eigenvalue weighted by atomic mass is 32.2. The molecule has 3 aliphatic rings. The van der Waals surface area contributed by atoms with Crippen LogP contribution in [0, 0.1) is 11.6 Å². The van der Waals surface area contributed by atoms with Crippen LogP contribution in [0.2, 0.25) is 0 Å². The molecule has 2 unspecified atom stereocenters. The van der Waals surface area contributed by atoms with Gasteiger partial charge in [-0.3, -0.25) is 9.59 Å². The van der Waals surface area contributed by atoms with Crippen LogP contribution in [0.4, 0.5) is 14.5 Å². The molecular weight excluding hydrogens is 468 g/mol. The summed E-state index contributed by atoms with van der Waals surface area (Å²) in [7, 11) is 0. The minimum absolute atomic E-state index is 0.0310. The first-order valence-electron chi connectivity index (χ1n) is 12.2. The van der Waals surface area contributed by atoms with Crippen LogP contribution < -0.4 is 4.90 Å². The molecule has 0 spiro atoms. The third kappa shape index (κ3) is 5.22. The van der Waals surface area contributed by atoms with Crippen LogP contribution >= 0.6 is 11.8 Å². The van der Waals surface area contributed by atoms with Crippen molar-refractivity contribution in [3.8, 4) is 0 Å². The highest BCUT2D eigenvalue weighted by Crippen LogP contribution is 2.42. The Morgan fingerprint density at radius 2 is 1.69 bits per heavy atom. The third-order valence-electron chi connectivity index (χ3n) is 7.14. The van der Waals surface area contributed by atoms with Gasteiger partial charge >= 0.3 is 0 Å². The Balaban J connectivity index is 1.28. The van der Waals surface area contributed by atoms with Crippen LogP contribution in [0.15, 0.2) is 53.4 Å². The van der Waals surface area contributed by atoms with Crippen molar-refractivity contribution in [1.29, 1.82) is 0 Å². The average Bonchev–Trinajstić information content (AvgIpc) is 2.88. The summed E-state index contributed by atoms with van der Waals surface area (Å²) >= 11 is 1.54. The lowest BCUT2D eigenvalue weighted by molar-refractivity contribution is -0.140. The van der Waals surface area contributed by atoms with Gasteiger partial charge in [-0.15, -0.1) is 11.8 Å². The molecule has 0 aromatic heterocycles. The number of rotatable bonds is 4. The van der Waals surface area contributed by atoms with Crippen LogP contribution in [-0.2, 0) is 9.59 Å². The van der Waals surface area contributed by atoms with Crippen molar-refractivity contribution in [2.45, 2.75) is 37.0 Å². The molecular formula is C27H29F2N3O2S. The van der Waals surface area contributed by atoms with E-state index >= 15 is 0 Å². The molecule has 8 heteroatoms. The second kappa shape index (κ2) is 10.4. The van der Waals surface area contributed by atoms with Gasteiger partial charge in [-0.2, -0.15) is 0 Å². The van der Waals surface area contributed by atoms with E-state index in [1.807, 2.05) is 4.90 Å². The van der Waals surface area contributed by atoms with E-state index in [4.69, 9.17) is 0 Å². The van der Waals surface area contributed by atoms with Gasteiger partial charge in [0, 0.05) is 48.7 Å². The zero-order valence-corrected chi connectivity index (χ0v) is 20.4. The van der Waals surface area contributed by atoms with Crippen molar-refractivity contribution in [3.63, 3.8) is 0 Å². The molecule has 1 aliphatic carbocycles. The van der Waals surface area contributed by atoms with Gasteiger partial charge in [0.15, 0.2) is 0 Å². The zero-order valence-electron chi connectivity index (χ0n) is 19.5. The molecule has 2 amide bonds. The standard InChI is InChI=1S/C27H29F2N3O2S/c28-20-9-11-21(12-10-20)30-13-15-31(16-14-30)26(33)18-32-23-7-3-4-8-24(23)35-25(27(32)34)17-19-5-1-2-6-22(19)29/h1-2,5-6,9-12,17,23-24H,3-4,7-8,13-16,18H2/b25-17-. The predicted octanol–water partition coefficient (Wildman–Crippen LogP) is 4.54. The van der Waals surface area contributed by atoms with Gasteiger partial charge < -0.3 is 14.7 Å². The highest BCUT2D eigenvalue weighted by molar-refractivity contribution is 8.04. The normalized spacial score (nSPS) is 24.0. The molecule has 35 heavy (non-hydrogen) atoms. The van der Waals surface area contributed by atoms with Gasteiger partial charge in [-0.1, -0.05) is 31.0 Å². The Bertz CT molecular complexity index is 1120. The van der Waals surface area contributed by atoms with Gasteiger partial charge in [0.05, 0.1) is 4.91 Å². The fraction of sp³-hybridized carbons (Fsp3) is 0.407. The minimum Gasteiger partial charge on any atom is -0.368 e. The van der Waals surface area contributed by atoms with Crippen molar-refractivity contribution in [2.24, 2.45) is 0 Å². The number of carbonyl (C=O) groups is 2. The second-order valence-electron chi connectivity index (χ2n) is 9.32. The lowest BCUT2D eigenvalue weighted by atomic mass is 9.93. The molecule has 2 atom stereocenters. The summed E-state index contributed by atoms with van der Waals surface area (Å²) in [5.41, 5.74) is 1.33.